The summed E-state index contributed by atoms with van der Waals surface area (Å²) in [6, 6.07) is 6.70. The highest BCUT2D eigenvalue weighted by Crippen LogP contribution is 2.25. The van der Waals surface area contributed by atoms with Crippen LogP contribution in [0.25, 0.3) is 0 Å². The molecule has 1 aromatic rings. The van der Waals surface area contributed by atoms with Crippen LogP contribution in [0.4, 0.5) is 0 Å². The number of allylic oxidation sites excluding steroid dienone is 2. The van der Waals surface area contributed by atoms with Crippen molar-refractivity contribution in [1.82, 2.24) is 0 Å². The highest BCUT2D eigenvalue weighted by Gasteiger charge is 2.25. The fraction of sp³-hybridized carbons (Fsp3) is 0.353. The second kappa shape index (κ2) is 6.42. The van der Waals surface area contributed by atoms with Gasteiger partial charge in [0.2, 0.25) is 0 Å². The first-order valence-corrected chi connectivity index (χ1v) is 6.92. The molecule has 3 heteroatoms. The number of phenolic OH excluding ortho intramolecular Hbond substituents is 1. The van der Waals surface area contributed by atoms with Crippen LogP contribution in [-0.4, -0.2) is 17.2 Å². The molecule has 0 aromatic heterocycles. The van der Waals surface area contributed by atoms with Gasteiger partial charge in [-0.15, -0.1) is 0 Å². The summed E-state index contributed by atoms with van der Waals surface area (Å²) in [5.74, 6) is 0.147. The molecule has 1 aliphatic carbocycles. The second-order valence-corrected chi connectivity index (χ2v) is 5.12. The molecule has 1 N–H and O–H groups in total. The lowest BCUT2D eigenvalue weighted by molar-refractivity contribution is -0.148. The highest BCUT2D eigenvalue weighted by molar-refractivity contribution is 5.73. The Kier molecular flexibility index (Phi) is 4.61. The van der Waals surface area contributed by atoms with E-state index in [-0.39, 0.29) is 30.2 Å². The van der Waals surface area contributed by atoms with E-state index < -0.39 is 0 Å². The van der Waals surface area contributed by atoms with Crippen LogP contribution in [0.15, 0.2) is 48.1 Å². The van der Waals surface area contributed by atoms with Gasteiger partial charge in [-0.05, 0) is 36.6 Å². The Morgan fingerprint density at radius 3 is 2.90 bits per heavy atom. The van der Waals surface area contributed by atoms with E-state index in [2.05, 4.69) is 13.0 Å². The van der Waals surface area contributed by atoms with Crippen molar-refractivity contribution in [2.45, 2.75) is 32.8 Å². The Morgan fingerprint density at radius 1 is 1.40 bits per heavy atom. The first-order valence-electron chi connectivity index (χ1n) is 6.92. The number of hydrogen-bond acceptors (Lipinski definition) is 3. The quantitative estimate of drug-likeness (QED) is 0.855. The first kappa shape index (κ1) is 14.4. The molecule has 0 radical (unpaired) electrons. The summed E-state index contributed by atoms with van der Waals surface area (Å²) in [5, 5.41) is 9.40. The van der Waals surface area contributed by atoms with Crippen molar-refractivity contribution in [2.75, 3.05) is 0 Å². The molecule has 106 valence electrons. The summed E-state index contributed by atoms with van der Waals surface area (Å²) in [6.07, 6.45) is 7.03. The third kappa shape index (κ3) is 3.50. The lowest BCUT2D eigenvalue weighted by Gasteiger charge is -2.27. The van der Waals surface area contributed by atoms with Crippen molar-refractivity contribution in [1.29, 1.82) is 0 Å². The van der Waals surface area contributed by atoms with Gasteiger partial charge in [-0.25, -0.2) is 0 Å². The van der Waals surface area contributed by atoms with E-state index in [4.69, 9.17) is 4.74 Å². The highest BCUT2D eigenvalue weighted by atomic mass is 16.5. The summed E-state index contributed by atoms with van der Waals surface area (Å²) < 4.78 is 5.61. The van der Waals surface area contributed by atoms with Gasteiger partial charge in [0.15, 0.2) is 0 Å². The third-order valence-electron chi connectivity index (χ3n) is 3.54. The molecule has 0 spiro atoms. The molecule has 0 amide bonds. The van der Waals surface area contributed by atoms with E-state index in [9.17, 15) is 9.90 Å². The number of aromatic hydroxyl groups is 1. The average molecular weight is 272 g/mol. The molecule has 0 bridgehead atoms. The number of ether oxygens (including phenoxy) is 1. The van der Waals surface area contributed by atoms with Crippen LogP contribution >= 0.6 is 0 Å². The molecule has 0 aliphatic heterocycles. The standard InChI is InChI=1S/C17H20O3/c1-3-14-8-4-6-12(2)17(14)20-16(19)11-13-7-5-9-15(18)10-13/h4-10,14,17-18H,3,11H2,1-2H3. The van der Waals surface area contributed by atoms with Gasteiger partial charge < -0.3 is 9.84 Å². The lowest BCUT2D eigenvalue weighted by Crippen LogP contribution is -2.29. The average Bonchev–Trinajstić information content (AvgIpc) is 2.41. The van der Waals surface area contributed by atoms with Gasteiger partial charge in [0.25, 0.3) is 0 Å². The fourth-order valence-electron chi connectivity index (χ4n) is 2.43. The number of phenols is 1. The summed E-state index contributed by atoms with van der Waals surface area (Å²) in [4.78, 5) is 12.0. The summed E-state index contributed by atoms with van der Waals surface area (Å²) in [7, 11) is 0. The van der Waals surface area contributed by atoms with E-state index in [0.29, 0.717) is 0 Å². The van der Waals surface area contributed by atoms with Crippen LogP contribution in [0.2, 0.25) is 0 Å². The predicted molar refractivity (Wildman–Crippen MR) is 78.4 cm³/mol. The molecule has 3 nitrogen and oxygen atoms in total. The van der Waals surface area contributed by atoms with E-state index in [1.165, 1.54) is 0 Å². The maximum Gasteiger partial charge on any atom is 0.310 e. The van der Waals surface area contributed by atoms with E-state index >= 15 is 0 Å². The molecule has 0 heterocycles. The Balaban J connectivity index is 2.00. The van der Waals surface area contributed by atoms with Gasteiger partial charge >= 0.3 is 5.97 Å². The zero-order chi connectivity index (χ0) is 14.5. The number of benzene rings is 1. The van der Waals surface area contributed by atoms with Gasteiger partial charge in [-0.3, -0.25) is 4.79 Å². The van der Waals surface area contributed by atoms with Crippen LogP contribution in [0.3, 0.4) is 0 Å². The van der Waals surface area contributed by atoms with Crippen LogP contribution in [0, 0.1) is 5.92 Å². The maximum absolute atomic E-state index is 12.0. The zero-order valence-corrected chi connectivity index (χ0v) is 11.9. The Labute approximate surface area is 119 Å². The minimum Gasteiger partial charge on any atom is -0.508 e. The summed E-state index contributed by atoms with van der Waals surface area (Å²) >= 11 is 0. The number of carbonyl (C=O) groups excluding carboxylic acids is 1. The predicted octanol–water partition coefficient (Wildman–Crippen LogP) is 3.39. The molecule has 2 atom stereocenters. The van der Waals surface area contributed by atoms with Gasteiger partial charge in [0.05, 0.1) is 6.42 Å². The van der Waals surface area contributed by atoms with E-state index in [1.54, 1.807) is 18.2 Å². The molecule has 2 rings (SSSR count). The van der Waals surface area contributed by atoms with Gasteiger partial charge in [-0.2, -0.15) is 0 Å². The van der Waals surface area contributed by atoms with Crippen molar-refractivity contribution in [3.05, 3.63) is 53.6 Å². The first-order chi connectivity index (χ1) is 9.60. The van der Waals surface area contributed by atoms with Crippen LogP contribution in [-0.2, 0) is 16.0 Å². The largest absolute Gasteiger partial charge is 0.508 e. The Morgan fingerprint density at radius 2 is 2.20 bits per heavy atom. The van der Waals surface area contributed by atoms with Crippen molar-refractivity contribution in [3.8, 4) is 5.75 Å². The van der Waals surface area contributed by atoms with E-state index in [1.807, 2.05) is 25.1 Å². The SMILES string of the molecule is CCC1C=CC=C(C)C1OC(=O)Cc1cccc(O)c1. The van der Waals surface area contributed by atoms with Crippen molar-refractivity contribution >= 4 is 5.97 Å². The minimum absolute atomic E-state index is 0.165. The normalized spacial score (nSPS) is 21.4. The number of carbonyl (C=O) groups is 1. The molecular formula is C17H20O3. The molecule has 20 heavy (non-hydrogen) atoms. The van der Waals surface area contributed by atoms with Crippen LogP contribution in [0.5, 0.6) is 5.75 Å². The molecule has 1 aliphatic rings. The summed E-state index contributed by atoms with van der Waals surface area (Å²) in [6.45, 7) is 4.07. The molecule has 1 aromatic carbocycles. The zero-order valence-electron chi connectivity index (χ0n) is 11.9. The molecule has 0 fully saturated rings. The van der Waals surface area contributed by atoms with Gasteiger partial charge in [0, 0.05) is 5.92 Å². The lowest BCUT2D eigenvalue weighted by atomic mass is 9.89. The van der Waals surface area contributed by atoms with Crippen molar-refractivity contribution in [2.24, 2.45) is 5.92 Å². The van der Waals surface area contributed by atoms with Crippen LogP contribution < -0.4 is 0 Å². The molecule has 2 unspecified atom stereocenters. The molecular weight excluding hydrogens is 252 g/mol. The smallest absolute Gasteiger partial charge is 0.310 e. The monoisotopic (exact) mass is 272 g/mol. The molecule has 0 saturated heterocycles. The number of esters is 1. The van der Waals surface area contributed by atoms with Crippen LogP contribution in [0.1, 0.15) is 25.8 Å². The van der Waals surface area contributed by atoms with Crippen molar-refractivity contribution in [3.63, 3.8) is 0 Å². The van der Waals surface area contributed by atoms with E-state index in [0.717, 1.165) is 17.6 Å². The Bertz CT molecular complexity index is 543. The summed E-state index contributed by atoms with van der Waals surface area (Å²) in [5.41, 5.74) is 1.83. The Hall–Kier alpha value is -2.03. The minimum atomic E-state index is -0.262. The van der Waals surface area contributed by atoms with Gasteiger partial charge in [0.1, 0.15) is 11.9 Å². The second-order valence-electron chi connectivity index (χ2n) is 5.12. The van der Waals surface area contributed by atoms with Crippen molar-refractivity contribution < 1.29 is 14.6 Å². The number of rotatable bonds is 4. The maximum atomic E-state index is 12.0. The topological polar surface area (TPSA) is 46.5 Å². The van der Waals surface area contributed by atoms with Gasteiger partial charge in [-0.1, -0.05) is 37.3 Å². The fourth-order valence-corrected chi connectivity index (χ4v) is 2.43. The third-order valence-corrected chi connectivity index (χ3v) is 3.54. The molecule has 0 saturated carbocycles. The number of hydrogen-bond donors (Lipinski definition) is 1.